The van der Waals surface area contributed by atoms with Gasteiger partial charge in [0.15, 0.2) is 0 Å². The number of hydrogen-bond donors (Lipinski definition) is 1. The first-order chi connectivity index (χ1) is 5.91. The van der Waals surface area contributed by atoms with Gasteiger partial charge in [0.25, 0.3) is 0 Å². The van der Waals surface area contributed by atoms with Crippen LogP contribution < -0.4 is 0 Å². The Morgan fingerprint density at radius 2 is 2.00 bits per heavy atom. The molecule has 1 aliphatic heterocycles. The van der Waals surface area contributed by atoms with Gasteiger partial charge in [-0.3, -0.25) is 0 Å². The summed E-state index contributed by atoms with van der Waals surface area (Å²) >= 11 is 0. The maximum Gasteiger partial charge on any atom is 0.0630 e. The van der Waals surface area contributed by atoms with Crippen LogP contribution in [0, 0.1) is 11.3 Å². The minimum absolute atomic E-state index is 0.149. The molecule has 2 nitrogen and oxygen atoms in total. The van der Waals surface area contributed by atoms with Crippen molar-refractivity contribution in [2.45, 2.75) is 52.7 Å². The lowest BCUT2D eigenvalue weighted by Crippen LogP contribution is -2.38. The zero-order valence-corrected chi connectivity index (χ0v) is 9.21. The van der Waals surface area contributed by atoms with Gasteiger partial charge in [-0.1, -0.05) is 27.7 Å². The van der Waals surface area contributed by atoms with Gasteiger partial charge in [0, 0.05) is 6.61 Å². The van der Waals surface area contributed by atoms with Crippen molar-refractivity contribution in [2.24, 2.45) is 11.3 Å². The van der Waals surface area contributed by atoms with Crippen molar-refractivity contribution in [1.29, 1.82) is 0 Å². The summed E-state index contributed by atoms with van der Waals surface area (Å²) in [6, 6.07) is 0. The third kappa shape index (κ3) is 2.96. The molecular formula is C11H22O2. The molecule has 3 atom stereocenters. The van der Waals surface area contributed by atoms with Crippen LogP contribution >= 0.6 is 0 Å². The van der Waals surface area contributed by atoms with Gasteiger partial charge in [-0.05, 0) is 24.2 Å². The second-order valence-electron chi connectivity index (χ2n) is 5.24. The van der Waals surface area contributed by atoms with Crippen molar-refractivity contribution in [1.82, 2.24) is 0 Å². The van der Waals surface area contributed by atoms with Gasteiger partial charge in [0.05, 0.1) is 12.2 Å². The summed E-state index contributed by atoms with van der Waals surface area (Å²) in [6.45, 7) is 9.60. The van der Waals surface area contributed by atoms with Gasteiger partial charge in [-0.15, -0.1) is 0 Å². The Hall–Kier alpha value is -0.0800. The summed E-state index contributed by atoms with van der Waals surface area (Å²) in [5.41, 5.74) is 0.266. The summed E-state index contributed by atoms with van der Waals surface area (Å²) in [4.78, 5) is 0. The Morgan fingerprint density at radius 3 is 2.46 bits per heavy atom. The molecule has 1 N–H and O–H groups in total. The van der Waals surface area contributed by atoms with Crippen LogP contribution in [0.4, 0.5) is 0 Å². The van der Waals surface area contributed by atoms with E-state index in [2.05, 4.69) is 27.7 Å². The highest BCUT2D eigenvalue weighted by Crippen LogP contribution is 2.33. The molecule has 1 aliphatic rings. The van der Waals surface area contributed by atoms with Crippen molar-refractivity contribution < 1.29 is 9.84 Å². The van der Waals surface area contributed by atoms with E-state index in [0.717, 1.165) is 12.8 Å². The molecule has 2 heteroatoms. The molecular weight excluding hydrogens is 164 g/mol. The molecule has 1 rings (SSSR count). The van der Waals surface area contributed by atoms with Gasteiger partial charge < -0.3 is 9.84 Å². The van der Waals surface area contributed by atoms with E-state index in [1.165, 1.54) is 0 Å². The Balaban J connectivity index is 2.51. The SMILES string of the molecule is CC(C1CC(O)CCO1)C(C)(C)C. The van der Waals surface area contributed by atoms with Crippen LogP contribution in [-0.4, -0.2) is 23.9 Å². The quantitative estimate of drug-likeness (QED) is 0.680. The fourth-order valence-electron chi connectivity index (χ4n) is 1.72. The Kier molecular flexibility index (Phi) is 3.36. The van der Waals surface area contributed by atoms with E-state index in [1.807, 2.05) is 0 Å². The molecule has 0 aromatic heterocycles. The molecule has 1 fully saturated rings. The lowest BCUT2D eigenvalue weighted by Gasteiger charge is -2.37. The fraction of sp³-hybridized carbons (Fsp3) is 1.00. The number of rotatable bonds is 1. The molecule has 78 valence electrons. The van der Waals surface area contributed by atoms with Crippen LogP contribution in [0.3, 0.4) is 0 Å². The molecule has 1 saturated heterocycles. The monoisotopic (exact) mass is 186 g/mol. The number of aliphatic hydroxyl groups excluding tert-OH is 1. The lowest BCUT2D eigenvalue weighted by molar-refractivity contribution is -0.0857. The second kappa shape index (κ2) is 3.97. The minimum Gasteiger partial charge on any atom is -0.393 e. The molecule has 3 unspecified atom stereocenters. The van der Waals surface area contributed by atoms with Crippen LogP contribution in [0.5, 0.6) is 0 Å². The van der Waals surface area contributed by atoms with Gasteiger partial charge >= 0.3 is 0 Å². The predicted octanol–water partition coefficient (Wildman–Crippen LogP) is 2.21. The molecule has 13 heavy (non-hydrogen) atoms. The highest BCUT2D eigenvalue weighted by molar-refractivity contribution is 4.82. The average molecular weight is 186 g/mol. The normalized spacial score (nSPS) is 33.0. The number of ether oxygens (including phenoxy) is 1. The van der Waals surface area contributed by atoms with Crippen molar-refractivity contribution in [3.05, 3.63) is 0 Å². The molecule has 0 aromatic rings. The largest absolute Gasteiger partial charge is 0.393 e. The van der Waals surface area contributed by atoms with Crippen LogP contribution in [-0.2, 0) is 4.74 Å². The van der Waals surface area contributed by atoms with Gasteiger partial charge in [0.1, 0.15) is 0 Å². The highest BCUT2D eigenvalue weighted by Gasteiger charge is 2.32. The van der Waals surface area contributed by atoms with Crippen molar-refractivity contribution in [2.75, 3.05) is 6.61 Å². The van der Waals surface area contributed by atoms with E-state index in [-0.39, 0.29) is 17.6 Å². The van der Waals surface area contributed by atoms with E-state index in [1.54, 1.807) is 0 Å². The van der Waals surface area contributed by atoms with Crippen LogP contribution in [0.15, 0.2) is 0 Å². The predicted molar refractivity (Wildman–Crippen MR) is 53.6 cm³/mol. The fourth-order valence-corrected chi connectivity index (χ4v) is 1.72. The number of hydrogen-bond acceptors (Lipinski definition) is 2. The van der Waals surface area contributed by atoms with E-state index in [0.29, 0.717) is 12.5 Å². The summed E-state index contributed by atoms with van der Waals surface area (Å²) in [6.07, 6.45) is 1.69. The third-order valence-corrected chi connectivity index (χ3v) is 3.21. The zero-order chi connectivity index (χ0) is 10.1. The maximum absolute atomic E-state index is 9.51. The van der Waals surface area contributed by atoms with E-state index < -0.39 is 0 Å². The summed E-state index contributed by atoms with van der Waals surface area (Å²) in [5.74, 6) is 0.502. The van der Waals surface area contributed by atoms with Crippen LogP contribution in [0.1, 0.15) is 40.5 Å². The molecule has 0 aromatic carbocycles. The van der Waals surface area contributed by atoms with E-state index in [4.69, 9.17) is 4.74 Å². The van der Waals surface area contributed by atoms with E-state index >= 15 is 0 Å². The first kappa shape index (κ1) is 11.0. The van der Waals surface area contributed by atoms with Crippen molar-refractivity contribution in [3.8, 4) is 0 Å². The Morgan fingerprint density at radius 1 is 1.38 bits per heavy atom. The first-order valence-corrected chi connectivity index (χ1v) is 5.21. The topological polar surface area (TPSA) is 29.5 Å². The standard InChI is InChI=1S/C11H22O2/c1-8(11(2,3)4)10-7-9(12)5-6-13-10/h8-10,12H,5-7H2,1-4H3. The minimum atomic E-state index is -0.149. The molecule has 0 amide bonds. The molecule has 0 bridgehead atoms. The van der Waals surface area contributed by atoms with Crippen molar-refractivity contribution in [3.63, 3.8) is 0 Å². The summed E-state index contributed by atoms with van der Waals surface area (Å²) < 4.78 is 5.68. The second-order valence-corrected chi connectivity index (χ2v) is 5.24. The maximum atomic E-state index is 9.51. The lowest BCUT2D eigenvalue weighted by atomic mass is 9.76. The Bertz CT molecular complexity index is 160. The summed E-state index contributed by atoms with van der Waals surface area (Å²) in [5, 5.41) is 9.51. The smallest absolute Gasteiger partial charge is 0.0630 e. The molecule has 0 aliphatic carbocycles. The van der Waals surface area contributed by atoms with Crippen molar-refractivity contribution >= 4 is 0 Å². The molecule has 0 radical (unpaired) electrons. The van der Waals surface area contributed by atoms with Crippen LogP contribution in [0.25, 0.3) is 0 Å². The molecule has 0 saturated carbocycles. The van der Waals surface area contributed by atoms with Crippen LogP contribution in [0.2, 0.25) is 0 Å². The highest BCUT2D eigenvalue weighted by atomic mass is 16.5. The van der Waals surface area contributed by atoms with Gasteiger partial charge in [-0.2, -0.15) is 0 Å². The molecule has 1 heterocycles. The summed E-state index contributed by atoms with van der Waals surface area (Å²) in [7, 11) is 0. The first-order valence-electron chi connectivity index (χ1n) is 5.21. The van der Waals surface area contributed by atoms with Gasteiger partial charge in [-0.25, -0.2) is 0 Å². The Labute approximate surface area is 81.3 Å². The zero-order valence-electron chi connectivity index (χ0n) is 9.21. The number of aliphatic hydroxyl groups is 1. The third-order valence-electron chi connectivity index (χ3n) is 3.21. The van der Waals surface area contributed by atoms with Gasteiger partial charge in [0.2, 0.25) is 0 Å². The molecule has 0 spiro atoms. The van der Waals surface area contributed by atoms with E-state index in [9.17, 15) is 5.11 Å². The average Bonchev–Trinajstić information content (AvgIpc) is 2.01.